The van der Waals surface area contributed by atoms with E-state index in [2.05, 4.69) is 15.2 Å². The van der Waals surface area contributed by atoms with Gasteiger partial charge in [0.25, 0.3) is 0 Å². The highest BCUT2D eigenvalue weighted by Gasteiger charge is 2.12. The van der Waals surface area contributed by atoms with E-state index in [1.807, 2.05) is 50.4 Å². The largest absolute Gasteiger partial charge is 0.358 e. The second-order valence-corrected chi connectivity index (χ2v) is 6.61. The zero-order valence-electron chi connectivity index (χ0n) is 14.3. The highest BCUT2D eigenvalue weighted by Crippen LogP contribution is 2.21. The van der Waals surface area contributed by atoms with Gasteiger partial charge in [-0.05, 0) is 43.2 Å². The second-order valence-electron chi connectivity index (χ2n) is 6.17. The van der Waals surface area contributed by atoms with Crippen LogP contribution in [-0.2, 0) is 17.8 Å². The molecule has 130 valence electrons. The molecule has 0 fully saturated rings. The number of nitrogens with zero attached hydrogens (tertiary/aromatic N) is 2. The molecule has 0 aliphatic rings. The van der Waals surface area contributed by atoms with Crippen LogP contribution in [0, 0.1) is 6.92 Å². The van der Waals surface area contributed by atoms with Crippen LogP contribution in [0.25, 0.3) is 11.3 Å². The van der Waals surface area contributed by atoms with Crippen LogP contribution in [0.15, 0.2) is 42.6 Å². The summed E-state index contributed by atoms with van der Waals surface area (Å²) in [5.74, 6) is 0.114. The number of aromatic amines is 2. The Hall–Kier alpha value is -2.53. The molecular weight excluding hydrogens is 336 g/mol. The molecule has 0 bridgehead atoms. The van der Waals surface area contributed by atoms with E-state index in [4.69, 9.17) is 11.6 Å². The smallest absolute Gasteiger partial charge is 0.223 e. The number of rotatable bonds is 6. The number of halogens is 1. The zero-order chi connectivity index (χ0) is 17.8. The maximum Gasteiger partial charge on any atom is 0.223 e. The minimum Gasteiger partial charge on any atom is -0.358 e. The van der Waals surface area contributed by atoms with Crippen molar-refractivity contribution in [3.63, 3.8) is 0 Å². The van der Waals surface area contributed by atoms with Crippen molar-refractivity contribution in [1.29, 1.82) is 0 Å². The molecule has 2 aromatic heterocycles. The zero-order valence-corrected chi connectivity index (χ0v) is 15.1. The van der Waals surface area contributed by atoms with E-state index in [-0.39, 0.29) is 5.91 Å². The van der Waals surface area contributed by atoms with Gasteiger partial charge in [-0.2, -0.15) is 5.10 Å². The lowest BCUT2D eigenvalue weighted by Gasteiger charge is -2.16. The van der Waals surface area contributed by atoms with Gasteiger partial charge in [-0.1, -0.05) is 23.7 Å². The van der Waals surface area contributed by atoms with Crippen molar-refractivity contribution in [2.45, 2.75) is 26.3 Å². The molecule has 0 aliphatic heterocycles. The van der Waals surface area contributed by atoms with Gasteiger partial charge in [-0.15, -0.1) is 0 Å². The molecular formula is C19H21ClN4O. The Bertz CT molecular complexity index is 850. The van der Waals surface area contributed by atoms with E-state index in [0.29, 0.717) is 19.4 Å². The maximum absolute atomic E-state index is 12.3. The summed E-state index contributed by atoms with van der Waals surface area (Å²) in [6, 6.07) is 11.7. The van der Waals surface area contributed by atoms with Crippen LogP contribution in [0.4, 0.5) is 0 Å². The summed E-state index contributed by atoms with van der Waals surface area (Å²) < 4.78 is 0. The topological polar surface area (TPSA) is 64.8 Å². The highest BCUT2D eigenvalue weighted by atomic mass is 35.5. The lowest BCUT2D eigenvalue weighted by Crippen LogP contribution is -2.26. The number of hydrogen-bond acceptors (Lipinski definition) is 2. The molecule has 0 atom stereocenters. The Morgan fingerprint density at radius 3 is 2.64 bits per heavy atom. The van der Waals surface area contributed by atoms with Gasteiger partial charge in [0.1, 0.15) is 0 Å². The van der Waals surface area contributed by atoms with Gasteiger partial charge >= 0.3 is 0 Å². The molecule has 0 spiro atoms. The average molecular weight is 357 g/mol. The van der Waals surface area contributed by atoms with Crippen molar-refractivity contribution in [2.75, 3.05) is 7.05 Å². The third kappa shape index (κ3) is 4.31. The van der Waals surface area contributed by atoms with Crippen LogP contribution in [0.2, 0.25) is 5.02 Å². The van der Waals surface area contributed by atoms with Crippen LogP contribution in [0.3, 0.4) is 0 Å². The van der Waals surface area contributed by atoms with Gasteiger partial charge < -0.3 is 9.88 Å². The summed E-state index contributed by atoms with van der Waals surface area (Å²) in [6.45, 7) is 2.53. The summed E-state index contributed by atoms with van der Waals surface area (Å²) in [7, 11) is 1.82. The minimum atomic E-state index is 0.114. The van der Waals surface area contributed by atoms with Crippen molar-refractivity contribution < 1.29 is 4.79 Å². The number of hydrogen-bond donors (Lipinski definition) is 2. The van der Waals surface area contributed by atoms with Gasteiger partial charge in [0.2, 0.25) is 5.91 Å². The number of carbonyl (C=O) groups excluding carboxylic acids is 1. The molecule has 25 heavy (non-hydrogen) atoms. The molecule has 6 heteroatoms. The van der Waals surface area contributed by atoms with E-state index in [1.165, 1.54) is 0 Å². The molecule has 1 amide bonds. The van der Waals surface area contributed by atoms with Crippen molar-refractivity contribution >= 4 is 17.5 Å². The van der Waals surface area contributed by atoms with Crippen LogP contribution in [0.5, 0.6) is 0 Å². The molecule has 0 radical (unpaired) electrons. The van der Waals surface area contributed by atoms with Gasteiger partial charge in [0.05, 0.1) is 6.20 Å². The Kier molecular flexibility index (Phi) is 5.24. The Labute approximate surface area is 152 Å². The molecule has 0 saturated heterocycles. The Morgan fingerprint density at radius 1 is 1.20 bits per heavy atom. The van der Waals surface area contributed by atoms with E-state index in [9.17, 15) is 4.79 Å². The summed E-state index contributed by atoms with van der Waals surface area (Å²) in [5, 5.41) is 7.60. The summed E-state index contributed by atoms with van der Waals surface area (Å²) >= 11 is 5.92. The molecule has 0 aliphatic carbocycles. The van der Waals surface area contributed by atoms with E-state index < -0.39 is 0 Å². The summed E-state index contributed by atoms with van der Waals surface area (Å²) in [6.07, 6.45) is 2.91. The number of aryl methyl sites for hydroxylation is 2. The van der Waals surface area contributed by atoms with E-state index >= 15 is 0 Å². The highest BCUT2D eigenvalue weighted by molar-refractivity contribution is 6.30. The SMILES string of the molecule is Cc1[nH]ncc1CN(C)C(=O)CCc1ccc(-c2ccc(Cl)cc2)[nH]1. The van der Waals surface area contributed by atoms with Crippen LogP contribution >= 0.6 is 11.6 Å². The van der Waals surface area contributed by atoms with Crippen molar-refractivity contribution in [3.8, 4) is 11.3 Å². The molecule has 2 N–H and O–H groups in total. The van der Waals surface area contributed by atoms with Gasteiger partial charge in [0.15, 0.2) is 0 Å². The number of amides is 1. The lowest BCUT2D eigenvalue weighted by molar-refractivity contribution is -0.130. The third-order valence-corrected chi connectivity index (χ3v) is 4.53. The summed E-state index contributed by atoms with van der Waals surface area (Å²) in [4.78, 5) is 17.4. The number of aromatic nitrogens is 3. The van der Waals surface area contributed by atoms with Crippen molar-refractivity contribution in [2.24, 2.45) is 0 Å². The minimum absolute atomic E-state index is 0.114. The number of benzene rings is 1. The van der Waals surface area contributed by atoms with Gasteiger partial charge in [-0.25, -0.2) is 0 Å². The fraction of sp³-hybridized carbons (Fsp3) is 0.263. The van der Waals surface area contributed by atoms with E-state index in [1.54, 1.807) is 11.1 Å². The van der Waals surface area contributed by atoms with E-state index in [0.717, 1.165) is 33.2 Å². The monoisotopic (exact) mass is 356 g/mol. The first-order valence-electron chi connectivity index (χ1n) is 8.19. The predicted molar refractivity (Wildman–Crippen MR) is 99.4 cm³/mol. The average Bonchev–Trinajstić information content (AvgIpc) is 3.23. The molecule has 3 aromatic rings. The fourth-order valence-electron chi connectivity index (χ4n) is 2.70. The first-order valence-corrected chi connectivity index (χ1v) is 8.57. The van der Waals surface area contributed by atoms with Crippen LogP contribution < -0.4 is 0 Å². The van der Waals surface area contributed by atoms with Crippen molar-refractivity contribution in [1.82, 2.24) is 20.1 Å². The van der Waals surface area contributed by atoms with Crippen molar-refractivity contribution in [3.05, 3.63) is 64.6 Å². The quantitative estimate of drug-likeness (QED) is 0.702. The molecule has 3 rings (SSSR count). The van der Waals surface area contributed by atoms with Crippen LogP contribution in [-0.4, -0.2) is 33.0 Å². The number of nitrogens with one attached hydrogen (secondary N) is 2. The number of carbonyl (C=O) groups is 1. The Morgan fingerprint density at radius 2 is 1.96 bits per heavy atom. The first-order chi connectivity index (χ1) is 12.0. The first kappa shape index (κ1) is 17.3. The normalized spacial score (nSPS) is 10.8. The summed E-state index contributed by atoms with van der Waals surface area (Å²) in [5.41, 5.74) is 5.19. The molecule has 2 heterocycles. The second kappa shape index (κ2) is 7.57. The lowest BCUT2D eigenvalue weighted by atomic mass is 10.2. The Balaban J connectivity index is 1.55. The fourth-order valence-corrected chi connectivity index (χ4v) is 2.82. The third-order valence-electron chi connectivity index (χ3n) is 4.28. The molecule has 1 aromatic carbocycles. The molecule has 0 unspecified atom stereocenters. The number of H-pyrrole nitrogens is 2. The molecule has 5 nitrogen and oxygen atoms in total. The standard InChI is InChI=1S/C19H21ClN4O/c1-13-15(11-21-23-13)12-24(2)19(25)10-8-17-7-9-18(22-17)14-3-5-16(20)6-4-14/h3-7,9,11,22H,8,10,12H2,1-2H3,(H,21,23). The molecule has 0 saturated carbocycles. The van der Waals surface area contributed by atoms with Crippen LogP contribution in [0.1, 0.15) is 23.4 Å². The predicted octanol–water partition coefficient (Wildman–Crippen LogP) is 3.96. The van der Waals surface area contributed by atoms with Gasteiger partial charge in [0, 0.05) is 47.7 Å². The maximum atomic E-state index is 12.3. The van der Waals surface area contributed by atoms with Gasteiger partial charge in [-0.3, -0.25) is 9.89 Å².